The first-order valence-corrected chi connectivity index (χ1v) is 7.53. The minimum Gasteiger partial charge on any atom is -0.506 e. The van der Waals surface area contributed by atoms with Gasteiger partial charge >= 0.3 is 0 Å². The molecule has 1 aliphatic rings. The zero-order valence-corrected chi connectivity index (χ0v) is 12.3. The minimum atomic E-state index is 0.0289. The van der Waals surface area contributed by atoms with Gasteiger partial charge in [-0.15, -0.1) is 0 Å². The molecule has 0 spiro atoms. The molecule has 1 aromatic rings. The Balaban J connectivity index is 1.72. The third-order valence-corrected chi connectivity index (χ3v) is 3.93. The summed E-state index contributed by atoms with van der Waals surface area (Å²) in [5, 5.41) is 21.0. The van der Waals surface area contributed by atoms with Crippen molar-refractivity contribution >= 4 is 6.21 Å². The number of oxime groups is 1. The second kappa shape index (κ2) is 7.95. The Kier molecular flexibility index (Phi) is 5.95. The van der Waals surface area contributed by atoms with Crippen molar-refractivity contribution in [2.45, 2.75) is 38.1 Å². The predicted molar refractivity (Wildman–Crippen MR) is 81.9 cm³/mol. The molecule has 116 valence electrons. The zero-order chi connectivity index (χ0) is 15.1. The molecule has 6 nitrogen and oxygen atoms in total. The number of aromatic hydroxyl groups is 1. The fraction of sp³-hybridized carbons (Fsp3) is 0.600. The molecule has 1 saturated heterocycles. The second-order valence-corrected chi connectivity index (χ2v) is 5.59. The molecule has 0 unspecified atom stereocenters. The first kappa shape index (κ1) is 15.7. The Morgan fingerprint density at radius 2 is 2.10 bits per heavy atom. The van der Waals surface area contributed by atoms with Crippen LogP contribution < -0.4 is 5.73 Å². The molecule has 0 radical (unpaired) electrons. The SMILES string of the molecule is NC1CCN(CCCCc2ccc(O)c(C=NO)n2)CC1. The summed E-state index contributed by atoms with van der Waals surface area (Å²) < 4.78 is 0. The van der Waals surface area contributed by atoms with Gasteiger partial charge in [-0.25, -0.2) is 4.98 Å². The van der Waals surface area contributed by atoms with Crippen LogP contribution in [0.4, 0.5) is 0 Å². The van der Waals surface area contributed by atoms with Crippen molar-refractivity contribution in [1.82, 2.24) is 9.88 Å². The molecular weight excluding hydrogens is 268 g/mol. The highest BCUT2D eigenvalue weighted by Crippen LogP contribution is 2.15. The van der Waals surface area contributed by atoms with E-state index in [0.717, 1.165) is 63.6 Å². The Morgan fingerprint density at radius 3 is 2.81 bits per heavy atom. The summed E-state index contributed by atoms with van der Waals surface area (Å²) >= 11 is 0. The lowest BCUT2D eigenvalue weighted by Crippen LogP contribution is -2.40. The van der Waals surface area contributed by atoms with Gasteiger partial charge in [0, 0.05) is 11.7 Å². The third-order valence-electron chi connectivity index (χ3n) is 3.93. The number of hydrogen-bond donors (Lipinski definition) is 3. The van der Waals surface area contributed by atoms with Crippen molar-refractivity contribution in [3.05, 3.63) is 23.5 Å². The molecular formula is C15H24N4O2. The largest absolute Gasteiger partial charge is 0.506 e. The van der Waals surface area contributed by atoms with E-state index in [-0.39, 0.29) is 5.75 Å². The van der Waals surface area contributed by atoms with Crippen molar-refractivity contribution < 1.29 is 10.3 Å². The van der Waals surface area contributed by atoms with E-state index in [4.69, 9.17) is 10.9 Å². The van der Waals surface area contributed by atoms with Crippen LogP contribution in [0.1, 0.15) is 37.1 Å². The van der Waals surface area contributed by atoms with Gasteiger partial charge in [0.15, 0.2) is 0 Å². The standard InChI is InChI=1S/C15H24N4O2/c16-12-6-9-19(10-7-12)8-2-1-3-13-4-5-15(20)14(18-13)11-17-21/h4-5,11-12,20-21H,1-3,6-10,16H2. The minimum absolute atomic E-state index is 0.0289. The summed E-state index contributed by atoms with van der Waals surface area (Å²) in [6, 6.07) is 3.78. The molecule has 0 aromatic carbocycles. The second-order valence-electron chi connectivity index (χ2n) is 5.59. The van der Waals surface area contributed by atoms with Crippen LogP contribution in [0.2, 0.25) is 0 Å². The number of nitrogens with zero attached hydrogens (tertiary/aromatic N) is 3. The summed E-state index contributed by atoms with van der Waals surface area (Å²) in [5.74, 6) is 0.0289. The first-order valence-electron chi connectivity index (χ1n) is 7.53. The lowest BCUT2D eigenvalue weighted by molar-refractivity contribution is 0.210. The van der Waals surface area contributed by atoms with Gasteiger partial charge in [-0.05, 0) is 63.9 Å². The molecule has 1 fully saturated rings. The number of pyridine rings is 1. The lowest BCUT2D eigenvalue weighted by Gasteiger charge is -2.29. The molecule has 6 heteroatoms. The summed E-state index contributed by atoms with van der Waals surface area (Å²) in [7, 11) is 0. The van der Waals surface area contributed by atoms with Gasteiger partial charge in [-0.2, -0.15) is 0 Å². The molecule has 1 aliphatic heterocycles. The number of aromatic nitrogens is 1. The molecule has 21 heavy (non-hydrogen) atoms. The van der Waals surface area contributed by atoms with Crippen LogP contribution in [0, 0.1) is 0 Å². The highest BCUT2D eigenvalue weighted by atomic mass is 16.4. The monoisotopic (exact) mass is 292 g/mol. The molecule has 1 aromatic heterocycles. The van der Waals surface area contributed by atoms with Crippen LogP contribution in [0.3, 0.4) is 0 Å². The first-order chi connectivity index (χ1) is 10.2. The van der Waals surface area contributed by atoms with Gasteiger partial charge in [-0.3, -0.25) is 0 Å². The topological polar surface area (TPSA) is 95.0 Å². The maximum absolute atomic E-state index is 9.55. The quantitative estimate of drug-likeness (QED) is 0.318. The van der Waals surface area contributed by atoms with Crippen LogP contribution in [0.5, 0.6) is 5.75 Å². The fourth-order valence-electron chi connectivity index (χ4n) is 2.62. The molecule has 0 saturated carbocycles. The van der Waals surface area contributed by atoms with Crippen molar-refractivity contribution in [2.75, 3.05) is 19.6 Å². The molecule has 0 aliphatic carbocycles. The van der Waals surface area contributed by atoms with E-state index >= 15 is 0 Å². The van der Waals surface area contributed by atoms with Gasteiger partial charge in [0.1, 0.15) is 11.4 Å². The lowest BCUT2D eigenvalue weighted by atomic mass is 10.1. The highest BCUT2D eigenvalue weighted by Gasteiger charge is 2.15. The van der Waals surface area contributed by atoms with E-state index in [1.165, 1.54) is 0 Å². The summed E-state index contributed by atoms with van der Waals surface area (Å²) in [5.41, 5.74) is 7.11. The Hall–Kier alpha value is -1.66. The van der Waals surface area contributed by atoms with Crippen LogP contribution >= 0.6 is 0 Å². The van der Waals surface area contributed by atoms with E-state index in [0.29, 0.717) is 11.7 Å². The van der Waals surface area contributed by atoms with Crippen molar-refractivity contribution in [3.8, 4) is 5.75 Å². The number of nitrogens with two attached hydrogens (primary N) is 1. The third kappa shape index (κ3) is 4.99. The summed E-state index contributed by atoms with van der Waals surface area (Å²) in [6.45, 7) is 3.32. The van der Waals surface area contributed by atoms with Crippen LogP contribution in [0.25, 0.3) is 0 Å². The molecule has 4 N–H and O–H groups in total. The van der Waals surface area contributed by atoms with Crippen LogP contribution in [0.15, 0.2) is 17.3 Å². The normalized spacial score (nSPS) is 17.6. The molecule has 0 atom stereocenters. The van der Waals surface area contributed by atoms with E-state index in [1.807, 2.05) is 6.07 Å². The van der Waals surface area contributed by atoms with Gasteiger partial charge in [0.05, 0.1) is 6.21 Å². The average Bonchev–Trinajstić information content (AvgIpc) is 2.49. The average molecular weight is 292 g/mol. The Labute approximate surface area is 125 Å². The van der Waals surface area contributed by atoms with E-state index in [2.05, 4.69) is 15.0 Å². The van der Waals surface area contributed by atoms with Gasteiger partial charge in [0.2, 0.25) is 0 Å². The Bertz CT molecular complexity index is 471. The smallest absolute Gasteiger partial charge is 0.142 e. The van der Waals surface area contributed by atoms with Crippen molar-refractivity contribution in [2.24, 2.45) is 10.9 Å². The predicted octanol–water partition coefficient (Wildman–Crippen LogP) is 1.34. The molecule has 0 bridgehead atoms. The maximum Gasteiger partial charge on any atom is 0.142 e. The van der Waals surface area contributed by atoms with Gasteiger partial charge < -0.3 is 20.9 Å². The number of rotatable bonds is 6. The van der Waals surface area contributed by atoms with Crippen LogP contribution in [-0.2, 0) is 6.42 Å². The van der Waals surface area contributed by atoms with Crippen LogP contribution in [-0.4, -0.2) is 52.1 Å². The number of aryl methyl sites for hydroxylation is 1. The van der Waals surface area contributed by atoms with Gasteiger partial charge in [-0.1, -0.05) is 5.16 Å². The number of hydrogen-bond acceptors (Lipinski definition) is 6. The molecule has 2 heterocycles. The Morgan fingerprint density at radius 1 is 1.33 bits per heavy atom. The number of likely N-dealkylation sites (tertiary alicyclic amines) is 1. The van der Waals surface area contributed by atoms with Crippen molar-refractivity contribution in [1.29, 1.82) is 0 Å². The molecule has 0 amide bonds. The summed E-state index contributed by atoms with van der Waals surface area (Å²) in [6.07, 6.45) is 6.39. The van der Waals surface area contributed by atoms with Crippen molar-refractivity contribution in [3.63, 3.8) is 0 Å². The maximum atomic E-state index is 9.55. The fourth-order valence-corrected chi connectivity index (χ4v) is 2.62. The number of unbranched alkanes of at least 4 members (excludes halogenated alkanes) is 1. The summed E-state index contributed by atoms with van der Waals surface area (Å²) in [4.78, 5) is 6.74. The van der Waals surface area contributed by atoms with Gasteiger partial charge in [0.25, 0.3) is 0 Å². The number of piperidine rings is 1. The highest BCUT2D eigenvalue weighted by molar-refractivity contribution is 5.80. The van der Waals surface area contributed by atoms with E-state index < -0.39 is 0 Å². The molecule has 2 rings (SSSR count). The zero-order valence-electron chi connectivity index (χ0n) is 12.3. The van der Waals surface area contributed by atoms with E-state index in [1.54, 1.807) is 6.07 Å². The van der Waals surface area contributed by atoms with E-state index in [9.17, 15) is 5.11 Å².